The van der Waals surface area contributed by atoms with Gasteiger partial charge in [-0.3, -0.25) is 9.98 Å². The number of anilines is 1. The summed E-state index contributed by atoms with van der Waals surface area (Å²) < 4.78 is 0. The minimum absolute atomic E-state index is 0.0407. The zero-order valence-corrected chi connectivity index (χ0v) is 20.3. The fourth-order valence-corrected chi connectivity index (χ4v) is 6.71. The SMILES string of the molecule is CC[C@@H]1CSC2=N[C@H](c3ccccn3)[C@H](c3cc4c(cc3Cl)N(C)C(C)(C)C=C4C)N21. The number of thioether (sulfide) groups is 1. The van der Waals surface area contributed by atoms with Crippen LogP contribution in [0.3, 0.4) is 0 Å². The monoisotopic (exact) mass is 452 g/mol. The van der Waals surface area contributed by atoms with Crippen molar-refractivity contribution in [3.63, 3.8) is 0 Å². The van der Waals surface area contributed by atoms with Crippen LogP contribution in [-0.4, -0.2) is 39.4 Å². The van der Waals surface area contributed by atoms with E-state index in [9.17, 15) is 0 Å². The summed E-state index contributed by atoms with van der Waals surface area (Å²) in [6.45, 7) is 8.95. The molecule has 0 amide bonds. The van der Waals surface area contributed by atoms with Gasteiger partial charge in [-0.05, 0) is 62.6 Å². The Morgan fingerprint density at radius 3 is 2.77 bits per heavy atom. The van der Waals surface area contributed by atoms with E-state index < -0.39 is 0 Å². The standard InChI is InChI=1S/C25H29ClN4S/c1-6-16-14-31-24-28-22(20-9-7-8-10-27-20)23(30(16)24)18-11-17-15(2)13-25(3,4)29(5)21(17)12-19(18)26/h7-13,16,22-23H,6,14H2,1-5H3/t16-,22-,23+/m1/s1. The fraction of sp³-hybridized carbons (Fsp3) is 0.440. The third kappa shape index (κ3) is 3.28. The van der Waals surface area contributed by atoms with E-state index in [1.807, 2.05) is 30.1 Å². The number of allylic oxidation sites excluding steroid dienone is 1. The maximum Gasteiger partial charge on any atom is 0.160 e. The van der Waals surface area contributed by atoms with Crippen LogP contribution in [0.4, 0.5) is 5.69 Å². The quantitative estimate of drug-likeness (QED) is 0.543. The highest BCUT2D eigenvalue weighted by atomic mass is 35.5. The molecule has 4 nitrogen and oxygen atoms in total. The lowest BCUT2D eigenvalue weighted by atomic mass is 9.86. The average molecular weight is 453 g/mol. The second-order valence-electron chi connectivity index (χ2n) is 9.27. The third-order valence-electron chi connectivity index (χ3n) is 6.98. The lowest BCUT2D eigenvalue weighted by molar-refractivity contribution is 0.255. The number of amidine groups is 1. The summed E-state index contributed by atoms with van der Waals surface area (Å²) in [6.07, 6.45) is 5.30. The molecule has 5 rings (SSSR count). The molecule has 0 bridgehead atoms. The van der Waals surface area contributed by atoms with Crippen molar-refractivity contribution < 1.29 is 0 Å². The van der Waals surface area contributed by atoms with Gasteiger partial charge in [0.25, 0.3) is 0 Å². The van der Waals surface area contributed by atoms with Crippen molar-refractivity contribution >= 4 is 39.8 Å². The second-order valence-corrected chi connectivity index (χ2v) is 10.7. The van der Waals surface area contributed by atoms with Gasteiger partial charge in [0.2, 0.25) is 0 Å². The van der Waals surface area contributed by atoms with Gasteiger partial charge in [0, 0.05) is 41.3 Å². The van der Waals surface area contributed by atoms with E-state index in [4.69, 9.17) is 16.6 Å². The first kappa shape index (κ1) is 20.9. The van der Waals surface area contributed by atoms with Crippen LogP contribution in [0.25, 0.3) is 5.57 Å². The maximum absolute atomic E-state index is 7.03. The minimum Gasteiger partial charge on any atom is -0.365 e. The Morgan fingerprint density at radius 1 is 1.26 bits per heavy atom. The molecule has 1 fully saturated rings. The number of hydrogen-bond acceptors (Lipinski definition) is 5. The second kappa shape index (κ2) is 7.56. The van der Waals surface area contributed by atoms with Gasteiger partial charge in [0.15, 0.2) is 5.17 Å². The number of fused-ring (bicyclic) bond motifs is 2. The number of aliphatic imine (C=N–C) groups is 1. The summed E-state index contributed by atoms with van der Waals surface area (Å²) in [7, 11) is 2.15. The fourth-order valence-electron chi connectivity index (χ4n) is 5.10. The Hall–Kier alpha value is -1.98. The minimum atomic E-state index is -0.0457. The van der Waals surface area contributed by atoms with E-state index in [2.05, 4.69) is 73.8 Å². The molecule has 0 aliphatic carbocycles. The molecular formula is C25H29ClN4S. The number of aromatic nitrogens is 1. The van der Waals surface area contributed by atoms with Crippen LogP contribution in [0, 0.1) is 0 Å². The van der Waals surface area contributed by atoms with Crippen molar-refractivity contribution in [3.8, 4) is 0 Å². The summed E-state index contributed by atoms with van der Waals surface area (Å²) in [4.78, 5) is 14.6. The van der Waals surface area contributed by atoms with E-state index in [0.29, 0.717) is 6.04 Å². The summed E-state index contributed by atoms with van der Waals surface area (Å²) >= 11 is 8.89. The first-order valence-corrected chi connectivity index (χ1v) is 12.3. The summed E-state index contributed by atoms with van der Waals surface area (Å²) in [5.74, 6) is 1.08. The van der Waals surface area contributed by atoms with E-state index in [0.717, 1.165) is 33.6 Å². The van der Waals surface area contributed by atoms with Crippen molar-refractivity contribution in [2.24, 2.45) is 4.99 Å². The van der Waals surface area contributed by atoms with Crippen LogP contribution in [0.1, 0.15) is 63.0 Å². The molecule has 4 heterocycles. The van der Waals surface area contributed by atoms with E-state index in [1.54, 1.807) is 0 Å². The number of benzene rings is 1. The van der Waals surface area contributed by atoms with Gasteiger partial charge in [0.1, 0.15) is 6.04 Å². The smallest absolute Gasteiger partial charge is 0.160 e. The molecule has 3 aliphatic heterocycles. The topological polar surface area (TPSA) is 31.7 Å². The predicted molar refractivity (Wildman–Crippen MR) is 133 cm³/mol. The highest BCUT2D eigenvalue weighted by molar-refractivity contribution is 8.14. The summed E-state index contributed by atoms with van der Waals surface area (Å²) in [5.41, 5.74) is 5.86. The predicted octanol–water partition coefficient (Wildman–Crippen LogP) is 6.35. The average Bonchev–Trinajstić information content (AvgIpc) is 3.31. The maximum atomic E-state index is 7.03. The third-order valence-corrected chi connectivity index (χ3v) is 8.44. The zero-order valence-electron chi connectivity index (χ0n) is 18.8. The first-order chi connectivity index (χ1) is 14.8. The largest absolute Gasteiger partial charge is 0.365 e. The van der Waals surface area contributed by atoms with Crippen LogP contribution in [0.2, 0.25) is 5.02 Å². The molecule has 1 aromatic carbocycles. The Balaban J connectivity index is 1.66. The molecule has 3 atom stereocenters. The van der Waals surface area contributed by atoms with Crippen molar-refractivity contribution in [2.45, 2.75) is 57.8 Å². The molecule has 0 saturated carbocycles. The van der Waals surface area contributed by atoms with Crippen molar-refractivity contribution in [1.29, 1.82) is 0 Å². The number of rotatable bonds is 3. The van der Waals surface area contributed by atoms with Gasteiger partial charge in [-0.25, -0.2) is 0 Å². The Kier molecular flexibility index (Phi) is 5.10. The Labute approximate surface area is 194 Å². The molecule has 3 aliphatic rings. The summed E-state index contributed by atoms with van der Waals surface area (Å²) in [5, 5.41) is 1.94. The molecule has 0 spiro atoms. The van der Waals surface area contributed by atoms with E-state index in [-0.39, 0.29) is 17.6 Å². The van der Waals surface area contributed by atoms with Gasteiger partial charge in [-0.1, -0.05) is 42.4 Å². The van der Waals surface area contributed by atoms with E-state index in [1.165, 1.54) is 16.8 Å². The molecule has 0 N–H and O–H groups in total. The molecule has 1 saturated heterocycles. The highest BCUT2D eigenvalue weighted by Gasteiger charge is 2.46. The van der Waals surface area contributed by atoms with Gasteiger partial charge >= 0.3 is 0 Å². The highest BCUT2D eigenvalue weighted by Crippen LogP contribution is 2.51. The number of halogens is 1. The Bertz CT molecular complexity index is 1080. The summed E-state index contributed by atoms with van der Waals surface area (Å²) in [6, 6.07) is 11.0. The molecular weight excluding hydrogens is 424 g/mol. The normalized spacial score (nSPS) is 26.5. The number of likely N-dealkylation sites (N-methyl/N-ethyl adjacent to an activating group) is 1. The van der Waals surface area contributed by atoms with Crippen LogP contribution in [-0.2, 0) is 0 Å². The molecule has 0 radical (unpaired) electrons. The van der Waals surface area contributed by atoms with Crippen molar-refractivity contribution in [1.82, 2.24) is 9.88 Å². The van der Waals surface area contributed by atoms with Gasteiger partial charge in [-0.2, -0.15) is 0 Å². The molecule has 2 aromatic rings. The lowest BCUT2D eigenvalue weighted by Gasteiger charge is -2.41. The van der Waals surface area contributed by atoms with Gasteiger partial charge in [0.05, 0.1) is 17.3 Å². The first-order valence-electron chi connectivity index (χ1n) is 11.0. The number of hydrogen-bond donors (Lipinski definition) is 0. The van der Waals surface area contributed by atoms with Gasteiger partial charge < -0.3 is 9.80 Å². The molecule has 162 valence electrons. The number of nitrogens with zero attached hydrogens (tertiary/aromatic N) is 4. The molecule has 1 aromatic heterocycles. The van der Waals surface area contributed by atoms with Crippen LogP contribution >= 0.6 is 23.4 Å². The molecule has 31 heavy (non-hydrogen) atoms. The van der Waals surface area contributed by atoms with Crippen LogP contribution in [0.15, 0.2) is 47.6 Å². The lowest BCUT2D eigenvalue weighted by Crippen LogP contribution is -2.42. The van der Waals surface area contributed by atoms with Crippen molar-refractivity contribution in [3.05, 3.63) is 64.4 Å². The zero-order chi connectivity index (χ0) is 21.9. The van der Waals surface area contributed by atoms with Crippen LogP contribution < -0.4 is 4.90 Å². The van der Waals surface area contributed by atoms with Crippen LogP contribution in [0.5, 0.6) is 0 Å². The van der Waals surface area contributed by atoms with E-state index >= 15 is 0 Å². The molecule has 6 heteroatoms. The van der Waals surface area contributed by atoms with Crippen molar-refractivity contribution in [2.75, 3.05) is 17.7 Å². The number of pyridine rings is 1. The Morgan fingerprint density at radius 2 is 2.06 bits per heavy atom. The van der Waals surface area contributed by atoms with Gasteiger partial charge in [-0.15, -0.1) is 0 Å². The molecule has 0 unspecified atom stereocenters.